The average Bonchev–Trinajstić information content (AvgIpc) is 4.01. The molecule has 0 spiro atoms. The molecule has 6 heterocycles. The first-order valence-corrected chi connectivity index (χ1v) is 23.5. The minimum atomic E-state index is -2.86. The van der Waals surface area contributed by atoms with Crippen molar-refractivity contribution < 1.29 is 38.4 Å². The Morgan fingerprint density at radius 2 is 1.80 bits per heavy atom. The van der Waals surface area contributed by atoms with Gasteiger partial charge in [0.25, 0.3) is 12.3 Å². The summed E-state index contributed by atoms with van der Waals surface area (Å²) in [7, 11) is 0. The molecule has 9 rings (SSSR count). The Morgan fingerprint density at radius 1 is 1.00 bits per heavy atom. The van der Waals surface area contributed by atoms with Gasteiger partial charge in [-0.1, -0.05) is 13.0 Å². The number of likely N-dealkylation sites (tertiary alicyclic amines) is 1. The van der Waals surface area contributed by atoms with Crippen molar-refractivity contribution in [3.8, 4) is 5.75 Å². The fourth-order valence-electron chi connectivity index (χ4n) is 10.4. The first kappa shape index (κ1) is 45.4. The van der Waals surface area contributed by atoms with Gasteiger partial charge in [-0.25, -0.2) is 18.3 Å². The van der Waals surface area contributed by atoms with Crippen molar-refractivity contribution in [3.63, 3.8) is 0 Å². The molecule has 352 valence electrons. The van der Waals surface area contributed by atoms with Gasteiger partial charge in [0.15, 0.2) is 11.3 Å². The fraction of sp³-hybridized carbons (Fsp3) is 0.630. The Morgan fingerprint density at radius 3 is 2.54 bits per heavy atom. The number of alkyl halides is 2. The second-order valence-corrected chi connectivity index (χ2v) is 18.5. The molecule has 1 aromatic carbocycles. The van der Waals surface area contributed by atoms with Crippen LogP contribution in [0.5, 0.6) is 5.75 Å². The Labute approximate surface area is 377 Å². The third-order valence-electron chi connectivity index (χ3n) is 13.9. The number of ether oxygens (including phenoxy) is 2. The SMILES string of the molecule is CCCN(CCO)c1ccn2ncc(C(=O)Nc3cn(C4CCC(CN5CCC(OCC6CC(Oc7cccc8c7c(C)nn8[C@@H]7CC[C@@H](O)N[C@@H]7O)C6)CC5)CC4)nc3C(F)F)c2n1. The van der Waals surface area contributed by atoms with Crippen LogP contribution in [-0.2, 0) is 4.74 Å². The van der Waals surface area contributed by atoms with E-state index in [2.05, 4.69) is 30.7 Å². The summed E-state index contributed by atoms with van der Waals surface area (Å²) in [6, 6.07) is 7.44. The number of aryl methyl sites for hydroxylation is 1. The molecule has 5 aromatic rings. The average molecular weight is 904 g/mol. The van der Waals surface area contributed by atoms with Crippen LogP contribution in [0.2, 0.25) is 0 Å². The molecule has 65 heavy (non-hydrogen) atoms. The van der Waals surface area contributed by atoms with Crippen LogP contribution in [-0.4, -0.2) is 131 Å². The smallest absolute Gasteiger partial charge is 0.284 e. The number of hydrogen-bond donors (Lipinski definition) is 5. The number of aliphatic hydroxyl groups is 3. The van der Waals surface area contributed by atoms with E-state index in [1.807, 2.05) is 41.6 Å². The number of carbonyl (C=O) groups excluding carboxylic acids is 1. The monoisotopic (exact) mass is 903 g/mol. The summed E-state index contributed by atoms with van der Waals surface area (Å²) in [6.45, 7) is 8.75. The van der Waals surface area contributed by atoms with Crippen molar-refractivity contribution in [2.24, 2.45) is 11.8 Å². The quantitative estimate of drug-likeness (QED) is 0.0774. The van der Waals surface area contributed by atoms with Crippen LogP contribution in [0.1, 0.15) is 118 Å². The molecule has 3 atom stereocenters. The van der Waals surface area contributed by atoms with Gasteiger partial charge in [0.05, 0.1) is 66.0 Å². The molecule has 2 saturated carbocycles. The van der Waals surface area contributed by atoms with Crippen molar-refractivity contribution in [1.29, 1.82) is 0 Å². The summed E-state index contributed by atoms with van der Waals surface area (Å²) in [6.07, 6.45) is 10.0. The van der Waals surface area contributed by atoms with Gasteiger partial charge >= 0.3 is 0 Å². The number of fused-ring (bicyclic) bond motifs is 2. The molecule has 4 aromatic heterocycles. The Kier molecular flexibility index (Phi) is 13.9. The molecule has 4 fully saturated rings. The summed E-state index contributed by atoms with van der Waals surface area (Å²) in [4.78, 5) is 22.6. The van der Waals surface area contributed by atoms with Crippen molar-refractivity contribution in [1.82, 2.24) is 44.4 Å². The molecule has 2 saturated heterocycles. The predicted molar refractivity (Wildman–Crippen MR) is 239 cm³/mol. The maximum atomic E-state index is 14.3. The Balaban J connectivity index is 0.705. The van der Waals surface area contributed by atoms with Crippen LogP contribution >= 0.6 is 0 Å². The summed E-state index contributed by atoms with van der Waals surface area (Å²) in [5.41, 5.74) is 1.75. The van der Waals surface area contributed by atoms with E-state index in [4.69, 9.17) is 14.6 Å². The van der Waals surface area contributed by atoms with Gasteiger partial charge in [0.1, 0.15) is 29.6 Å². The first-order valence-electron chi connectivity index (χ1n) is 23.5. The van der Waals surface area contributed by atoms with Crippen molar-refractivity contribution in [2.45, 2.75) is 128 Å². The number of nitrogens with zero attached hydrogens (tertiary/aromatic N) is 9. The molecule has 4 aliphatic rings. The summed E-state index contributed by atoms with van der Waals surface area (Å²) < 4.78 is 46.5. The summed E-state index contributed by atoms with van der Waals surface area (Å²) >= 11 is 0. The van der Waals surface area contributed by atoms with Crippen LogP contribution in [0.4, 0.5) is 20.3 Å². The number of rotatable bonds is 17. The maximum Gasteiger partial charge on any atom is 0.284 e. The number of aromatic nitrogens is 7. The first-order chi connectivity index (χ1) is 31.5. The largest absolute Gasteiger partial charge is 0.490 e. The number of benzene rings is 1. The number of amides is 1. The third kappa shape index (κ3) is 10.00. The molecule has 0 bridgehead atoms. The van der Waals surface area contributed by atoms with Crippen LogP contribution in [0, 0.1) is 18.8 Å². The van der Waals surface area contributed by atoms with Crippen LogP contribution in [0.25, 0.3) is 16.6 Å². The molecule has 2 aliphatic heterocycles. The van der Waals surface area contributed by atoms with E-state index in [0.29, 0.717) is 49.2 Å². The number of hydrogen-bond acceptors (Lipinski definition) is 13. The number of aliphatic hydroxyl groups excluding tert-OH is 3. The highest BCUT2D eigenvalue weighted by molar-refractivity contribution is 6.08. The summed E-state index contributed by atoms with van der Waals surface area (Å²) in [5, 5.41) is 49.8. The number of anilines is 2. The lowest BCUT2D eigenvalue weighted by molar-refractivity contribution is -0.0481. The molecule has 17 nitrogen and oxygen atoms in total. The Hall–Kier alpha value is -4.79. The van der Waals surface area contributed by atoms with E-state index in [9.17, 15) is 28.9 Å². The van der Waals surface area contributed by atoms with Gasteiger partial charge in [0, 0.05) is 45.1 Å². The maximum absolute atomic E-state index is 14.3. The van der Waals surface area contributed by atoms with Crippen LogP contribution < -0.4 is 20.3 Å². The van der Waals surface area contributed by atoms with Gasteiger partial charge in [-0.05, 0) is 108 Å². The van der Waals surface area contributed by atoms with Gasteiger partial charge in [0.2, 0.25) is 0 Å². The fourth-order valence-corrected chi connectivity index (χ4v) is 10.4. The minimum Gasteiger partial charge on any atom is -0.490 e. The van der Waals surface area contributed by atoms with Crippen molar-refractivity contribution in [3.05, 3.63) is 59.8 Å². The lowest BCUT2D eigenvalue weighted by Gasteiger charge is -2.39. The van der Waals surface area contributed by atoms with E-state index < -0.39 is 30.5 Å². The van der Waals surface area contributed by atoms with Gasteiger partial charge in [-0.3, -0.25) is 19.5 Å². The van der Waals surface area contributed by atoms with Gasteiger partial charge < -0.3 is 39.9 Å². The van der Waals surface area contributed by atoms with E-state index in [1.54, 1.807) is 16.9 Å². The molecule has 0 unspecified atom stereocenters. The van der Waals surface area contributed by atoms with E-state index in [0.717, 1.165) is 106 Å². The third-order valence-corrected chi connectivity index (χ3v) is 13.9. The number of halogens is 2. The van der Waals surface area contributed by atoms with Crippen molar-refractivity contribution in [2.75, 3.05) is 56.2 Å². The highest BCUT2D eigenvalue weighted by Gasteiger charge is 2.35. The molecular weight excluding hydrogens is 841 g/mol. The number of nitrogens with one attached hydrogen (secondary N) is 2. The normalized spacial score (nSPS) is 25.6. The topological polar surface area (TPSA) is 193 Å². The zero-order valence-corrected chi connectivity index (χ0v) is 37.3. The van der Waals surface area contributed by atoms with E-state index in [-0.39, 0.29) is 42.1 Å². The number of piperidine rings is 2. The van der Waals surface area contributed by atoms with Crippen LogP contribution in [0.15, 0.2) is 42.9 Å². The lowest BCUT2D eigenvalue weighted by atomic mass is 9.83. The van der Waals surface area contributed by atoms with Gasteiger partial charge in [-0.2, -0.15) is 15.3 Å². The molecule has 5 N–H and O–H groups in total. The van der Waals surface area contributed by atoms with E-state index >= 15 is 0 Å². The standard InChI is InChI=1S/C46H63F2N11O6/c1-3-16-56(20-21-60)39-15-19-57-44(51-39)34(24-49-57)45(62)50-35-26-58(54-42(35)43(47)48)31-9-7-29(8-10-31)25-55-17-13-32(14-18-55)64-27-30-22-33(23-30)65-38-6-4-5-36-41(38)28(2)53-59(36)37-11-12-40(61)52-46(37)63/h4-6,15,19,24,26,29-33,37,40,43,46,52,60-61,63H,3,7-14,16-18,20-23,25,27H2,1-2H3,(H,50,62)/t29?,30?,31?,33?,37-,40-,46-/m1/s1. The molecule has 1 amide bonds. The van der Waals surface area contributed by atoms with Crippen molar-refractivity contribution >= 4 is 34.0 Å². The number of carbonyl (C=O) groups is 1. The van der Waals surface area contributed by atoms with Gasteiger partial charge in [-0.15, -0.1) is 0 Å². The highest BCUT2D eigenvalue weighted by atomic mass is 19.3. The predicted octanol–water partition coefficient (Wildman–Crippen LogP) is 5.61. The molecule has 2 aliphatic carbocycles. The zero-order chi connectivity index (χ0) is 45.2. The molecule has 19 heteroatoms. The molecule has 0 radical (unpaired) electrons. The summed E-state index contributed by atoms with van der Waals surface area (Å²) in [5.74, 6) is 1.79. The minimum absolute atomic E-state index is 0.0161. The second kappa shape index (κ2) is 20.0. The lowest BCUT2D eigenvalue weighted by Crippen LogP contribution is -2.48. The molecular formula is C46H63F2N11O6. The van der Waals surface area contributed by atoms with Crippen LogP contribution in [0.3, 0.4) is 0 Å². The second-order valence-electron chi connectivity index (χ2n) is 18.5. The Bertz CT molecular complexity index is 2380. The van der Waals surface area contributed by atoms with E-state index in [1.165, 1.54) is 16.9 Å². The highest BCUT2D eigenvalue weighted by Crippen LogP contribution is 2.39. The zero-order valence-electron chi connectivity index (χ0n) is 37.3.